The van der Waals surface area contributed by atoms with Crippen molar-refractivity contribution in [1.82, 2.24) is 14.6 Å². The van der Waals surface area contributed by atoms with Crippen LogP contribution in [0.3, 0.4) is 0 Å². The first-order valence-electron chi connectivity index (χ1n) is 11.1. The molecule has 3 aromatic carbocycles. The summed E-state index contributed by atoms with van der Waals surface area (Å²) in [5.41, 5.74) is 5.60. The largest absolute Gasteiger partial charge is 0.378 e. The third-order valence-electron chi connectivity index (χ3n) is 6.29. The van der Waals surface area contributed by atoms with Crippen LogP contribution in [0.5, 0.6) is 0 Å². The number of aliphatic imine (C=N–C) groups is 1. The molecule has 0 N–H and O–H groups in total. The van der Waals surface area contributed by atoms with Crippen LogP contribution in [0.4, 0.5) is 5.69 Å². The topological polar surface area (TPSA) is 62.9 Å². The Morgan fingerprint density at radius 1 is 0.879 bits per heavy atom. The SMILES string of the molecule is O=C(c1c2ccccc2nc2ccccc12)N1CCN(CC2=[N+]=CN=C2)c2ccccc2C1. The Kier molecular flexibility index (Phi) is 4.71. The second-order valence-corrected chi connectivity index (χ2v) is 8.31. The van der Waals surface area contributed by atoms with Crippen LogP contribution in [0.2, 0.25) is 0 Å². The molecule has 1 amide bonds. The van der Waals surface area contributed by atoms with E-state index in [-0.39, 0.29) is 5.91 Å². The molecule has 33 heavy (non-hydrogen) atoms. The maximum atomic E-state index is 14.1. The summed E-state index contributed by atoms with van der Waals surface area (Å²) < 4.78 is 4.34. The number of nitrogens with zero attached hydrogens (tertiary/aromatic N) is 5. The predicted molar refractivity (Wildman–Crippen MR) is 134 cm³/mol. The molecule has 6 nitrogen and oxygen atoms in total. The molecule has 6 rings (SSSR count). The smallest absolute Gasteiger partial charge is 0.360 e. The molecule has 2 aliphatic heterocycles. The molecule has 0 atom stereocenters. The zero-order valence-electron chi connectivity index (χ0n) is 18.1. The van der Waals surface area contributed by atoms with Crippen LogP contribution in [-0.4, -0.2) is 53.7 Å². The number of carbonyl (C=O) groups is 1. The van der Waals surface area contributed by atoms with Gasteiger partial charge in [-0.05, 0) is 28.8 Å². The van der Waals surface area contributed by atoms with Gasteiger partial charge in [0.25, 0.3) is 11.6 Å². The summed E-state index contributed by atoms with van der Waals surface area (Å²) in [6.45, 7) is 2.56. The lowest BCUT2D eigenvalue weighted by Crippen LogP contribution is -2.38. The predicted octanol–water partition coefficient (Wildman–Crippen LogP) is 3.47. The minimum Gasteiger partial charge on any atom is -0.360 e. The Balaban J connectivity index is 1.42. The molecule has 160 valence electrons. The number of hydrogen-bond acceptors (Lipinski definition) is 4. The highest BCUT2D eigenvalue weighted by Gasteiger charge is 2.27. The van der Waals surface area contributed by atoms with Crippen molar-refractivity contribution >= 4 is 51.7 Å². The zero-order chi connectivity index (χ0) is 22.2. The van der Waals surface area contributed by atoms with Crippen LogP contribution in [0.1, 0.15) is 15.9 Å². The van der Waals surface area contributed by atoms with E-state index in [2.05, 4.69) is 26.7 Å². The van der Waals surface area contributed by atoms with E-state index in [1.807, 2.05) is 65.6 Å². The average molecular weight is 433 g/mol. The molecular weight excluding hydrogens is 410 g/mol. The van der Waals surface area contributed by atoms with E-state index >= 15 is 0 Å². The van der Waals surface area contributed by atoms with Gasteiger partial charge in [0.15, 0.2) is 0 Å². The molecule has 6 heteroatoms. The summed E-state index contributed by atoms with van der Waals surface area (Å²) in [5, 5.41) is 1.78. The van der Waals surface area contributed by atoms with Crippen molar-refractivity contribution in [3.8, 4) is 0 Å². The maximum Gasteiger partial charge on any atom is 0.378 e. The summed E-state index contributed by atoms with van der Waals surface area (Å²) >= 11 is 0. The van der Waals surface area contributed by atoms with Crippen molar-refractivity contribution in [2.24, 2.45) is 4.99 Å². The second kappa shape index (κ2) is 8.01. The Hall–Kier alpha value is -4.28. The second-order valence-electron chi connectivity index (χ2n) is 8.31. The highest BCUT2D eigenvalue weighted by Crippen LogP contribution is 2.30. The highest BCUT2D eigenvalue weighted by molar-refractivity contribution is 6.35. The Morgan fingerprint density at radius 2 is 1.58 bits per heavy atom. The van der Waals surface area contributed by atoms with Crippen LogP contribution in [0, 0.1) is 0 Å². The van der Waals surface area contributed by atoms with Crippen LogP contribution in [0.15, 0.2) is 77.8 Å². The number of aromatic nitrogens is 1. The van der Waals surface area contributed by atoms with Gasteiger partial charge in [-0.25, -0.2) is 9.65 Å². The molecule has 0 aliphatic carbocycles. The van der Waals surface area contributed by atoms with E-state index in [0.29, 0.717) is 19.6 Å². The quantitative estimate of drug-likeness (QED) is 0.368. The number of para-hydroxylation sites is 3. The molecule has 1 aromatic heterocycles. The van der Waals surface area contributed by atoms with E-state index < -0.39 is 0 Å². The van der Waals surface area contributed by atoms with Crippen LogP contribution in [-0.2, 0) is 6.54 Å². The van der Waals surface area contributed by atoms with Crippen molar-refractivity contribution in [2.75, 3.05) is 24.5 Å². The minimum absolute atomic E-state index is 0.0366. The highest BCUT2D eigenvalue weighted by atomic mass is 16.2. The van der Waals surface area contributed by atoms with Crippen LogP contribution < -0.4 is 9.57 Å². The van der Waals surface area contributed by atoms with Gasteiger partial charge in [0.05, 0.1) is 16.6 Å². The van der Waals surface area contributed by atoms with Gasteiger partial charge in [-0.2, -0.15) is 0 Å². The zero-order valence-corrected chi connectivity index (χ0v) is 18.1. The van der Waals surface area contributed by atoms with Gasteiger partial charge in [0.1, 0.15) is 6.54 Å². The molecule has 2 aliphatic rings. The number of carbonyl (C=O) groups excluding carboxylic acids is 1. The Labute approximate surface area is 191 Å². The number of rotatable bonds is 3. The molecule has 3 heterocycles. The van der Waals surface area contributed by atoms with Crippen molar-refractivity contribution in [2.45, 2.75) is 6.54 Å². The molecule has 0 bridgehead atoms. The summed E-state index contributed by atoms with van der Waals surface area (Å²) in [5.74, 6) is 0.0366. The number of hydrogen-bond donors (Lipinski definition) is 0. The average Bonchev–Trinajstić information content (AvgIpc) is 3.30. The molecule has 0 unspecified atom stereocenters. The Bertz CT molecular complexity index is 1450. The van der Waals surface area contributed by atoms with Gasteiger partial charge in [-0.1, -0.05) is 54.6 Å². The summed E-state index contributed by atoms with van der Waals surface area (Å²) in [4.78, 5) is 27.2. The summed E-state index contributed by atoms with van der Waals surface area (Å²) in [6, 6.07) is 24.1. The van der Waals surface area contributed by atoms with Crippen molar-refractivity contribution in [3.05, 3.63) is 83.9 Å². The van der Waals surface area contributed by atoms with Gasteiger partial charge >= 0.3 is 6.34 Å². The van der Waals surface area contributed by atoms with Crippen molar-refractivity contribution in [3.63, 3.8) is 0 Å². The molecule has 0 radical (unpaired) electrons. The standard InChI is InChI=1S/C27H22N5O/c33-27(26-21-8-2-4-10-23(21)30-24-11-5-3-9-22(24)26)32-14-13-31(17-20-15-28-18-29-20)25-12-6-1-7-19(25)16-32/h1-12,15,18H,13-14,16-17H2/q+1. The first-order chi connectivity index (χ1) is 16.3. The van der Waals surface area contributed by atoms with Crippen LogP contribution in [0.25, 0.3) is 21.8 Å². The fraction of sp³-hybridized carbons (Fsp3) is 0.148. The normalized spacial score (nSPS) is 15.1. The van der Waals surface area contributed by atoms with Gasteiger partial charge < -0.3 is 9.80 Å². The molecule has 4 aromatic rings. The monoisotopic (exact) mass is 432 g/mol. The van der Waals surface area contributed by atoms with E-state index in [4.69, 9.17) is 4.98 Å². The Morgan fingerprint density at radius 3 is 2.30 bits per heavy atom. The molecule has 0 spiro atoms. The lowest BCUT2D eigenvalue weighted by molar-refractivity contribution is 0.0755. The summed E-state index contributed by atoms with van der Waals surface area (Å²) in [6.07, 6.45) is 3.38. The molecule has 0 saturated heterocycles. The van der Waals surface area contributed by atoms with Gasteiger partial charge in [-0.15, -0.1) is 0 Å². The minimum atomic E-state index is 0.0366. The number of fused-ring (bicyclic) bond motifs is 3. The first kappa shape index (κ1) is 19.4. The van der Waals surface area contributed by atoms with Crippen molar-refractivity contribution in [1.29, 1.82) is 0 Å². The fourth-order valence-corrected chi connectivity index (χ4v) is 4.70. The molecule has 0 saturated carbocycles. The number of amides is 1. The van der Waals surface area contributed by atoms with Gasteiger partial charge in [0.2, 0.25) is 6.21 Å². The van der Waals surface area contributed by atoms with Crippen LogP contribution >= 0.6 is 0 Å². The van der Waals surface area contributed by atoms with E-state index in [1.165, 1.54) is 0 Å². The van der Waals surface area contributed by atoms with E-state index in [1.54, 1.807) is 12.6 Å². The van der Waals surface area contributed by atoms with E-state index in [0.717, 1.165) is 50.9 Å². The molecule has 0 fully saturated rings. The number of anilines is 1. The van der Waals surface area contributed by atoms with Crippen molar-refractivity contribution < 1.29 is 4.79 Å². The van der Waals surface area contributed by atoms with E-state index in [9.17, 15) is 4.79 Å². The van der Waals surface area contributed by atoms with Gasteiger partial charge in [0, 0.05) is 36.1 Å². The maximum absolute atomic E-state index is 14.1. The third kappa shape index (κ3) is 3.47. The van der Waals surface area contributed by atoms with Gasteiger partial charge in [-0.3, -0.25) is 4.79 Å². The fourth-order valence-electron chi connectivity index (χ4n) is 4.70. The lowest BCUT2D eigenvalue weighted by atomic mass is 10.0. The lowest BCUT2D eigenvalue weighted by Gasteiger charge is -2.23. The molecular formula is C27H22N5O+. The first-order valence-corrected chi connectivity index (χ1v) is 11.1. The third-order valence-corrected chi connectivity index (χ3v) is 6.29. The number of benzene rings is 3. The number of pyridine rings is 1. The summed E-state index contributed by atoms with van der Waals surface area (Å²) in [7, 11) is 0.